The quantitative estimate of drug-likeness (QED) is 0.835. The van der Waals surface area contributed by atoms with E-state index in [1.54, 1.807) is 6.20 Å². The first kappa shape index (κ1) is 15.3. The number of nitrogens with zero attached hydrogens (tertiary/aromatic N) is 2. The summed E-state index contributed by atoms with van der Waals surface area (Å²) in [4.78, 5) is 6.77. The molecule has 0 aromatic carbocycles. The number of rotatable bonds is 6. The maximum absolute atomic E-state index is 6.63. The van der Waals surface area contributed by atoms with Crippen molar-refractivity contribution in [3.63, 3.8) is 0 Å². The summed E-state index contributed by atoms with van der Waals surface area (Å²) in [6.45, 7) is 6.87. The number of anilines is 1. The Balaban J connectivity index is 2.18. The minimum Gasteiger partial charge on any atom is -0.383 e. The summed E-state index contributed by atoms with van der Waals surface area (Å²) in [5.41, 5.74) is 13.8. The fourth-order valence-corrected chi connectivity index (χ4v) is 3.67. The summed E-state index contributed by atoms with van der Waals surface area (Å²) in [6, 6.07) is 4.08. The third-order valence-corrected chi connectivity index (χ3v) is 5.02. The van der Waals surface area contributed by atoms with Crippen molar-refractivity contribution >= 4 is 5.82 Å². The summed E-state index contributed by atoms with van der Waals surface area (Å²) in [5.74, 6) is 0.616. The van der Waals surface area contributed by atoms with Crippen LogP contribution >= 0.6 is 0 Å². The molecular formula is C16H28N4. The maximum Gasteiger partial charge on any atom is 0.126 e. The fraction of sp³-hybridized carbons (Fsp3) is 0.688. The van der Waals surface area contributed by atoms with Crippen LogP contribution in [0, 0.1) is 0 Å². The van der Waals surface area contributed by atoms with Gasteiger partial charge in [0, 0.05) is 17.8 Å². The lowest BCUT2D eigenvalue weighted by molar-refractivity contribution is 0.0769. The van der Waals surface area contributed by atoms with Crippen molar-refractivity contribution in [1.82, 2.24) is 9.88 Å². The minimum absolute atomic E-state index is 0.0960. The van der Waals surface area contributed by atoms with Crippen molar-refractivity contribution in [2.75, 3.05) is 18.8 Å². The molecule has 1 saturated heterocycles. The van der Waals surface area contributed by atoms with E-state index in [1.807, 2.05) is 12.1 Å². The van der Waals surface area contributed by atoms with Gasteiger partial charge >= 0.3 is 0 Å². The molecule has 2 heterocycles. The van der Waals surface area contributed by atoms with Crippen molar-refractivity contribution in [2.24, 2.45) is 5.73 Å². The lowest BCUT2D eigenvalue weighted by atomic mass is 9.80. The van der Waals surface area contributed by atoms with E-state index in [4.69, 9.17) is 11.5 Å². The van der Waals surface area contributed by atoms with Crippen LogP contribution in [0.4, 0.5) is 5.82 Å². The molecule has 1 aromatic rings. The Hall–Kier alpha value is -1.13. The number of hydrogen-bond donors (Lipinski definition) is 2. The van der Waals surface area contributed by atoms with Gasteiger partial charge in [0.15, 0.2) is 0 Å². The molecule has 112 valence electrons. The highest BCUT2D eigenvalue weighted by molar-refractivity contribution is 5.39. The molecule has 1 atom stereocenters. The second-order valence-electron chi connectivity index (χ2n) is 5.86. The standard InChI is InChI=1S/C16H28N4/c1-3-16(4-2,20-10-5-6-11-20)14(17)12-13-8-7-9-19-15(13)18/h7-9,14H,3-6,10-12,17H2,1-2H3,(H2,18,19). The normalized spacial score (nSPS) is 18.4. The second kappa shape index (κ2) is 6.55. The van der Waals surface area contributed by atoms with Crippen LogP contribution in [-0.2, 0) is 6.42 Å². The molecule has 20 heavy (non-hydrogen) atoms. The third-order valence-electron chi connectivity index (χ3n) is 5.02. The van der Waals surface area contributed by atoms with Gasteiger partial charge in [0.1, 0.15) is 5.82 Å². The Morgan fingerprint density at radius 2 is 1.95 bits per heavy atom. The van der Waals surface area contributed by atoms with E-state index < -0.39 is 0 Å². The van der Waals surface area contributed by atoms with Crippen molar-refractivity contribution in [2.45, 2.75) is 57.5 Å². The molecule has 0 bridgehead atoms. The van der Waals surface area contributed by atoms with Gasteiger partial charge < -0.3 is 11.5 Å². The second-order valence-corrected chi connectivity index (χ2v) is 5.86. The third kappa shape index (κ3) is 2.81. The van der Waals surface area contributed by atoms with Gasteiger partial charge in [-0.3, -0.25) is 4.90 Å². The SMILES string of the molecule is CCC(CC)(C(N)Cc1cccnc1N)N1CCCC1. The highest BCUT2D eigenvalue weighted by Crippen LogP contribution is 2.32. The van der Waals surface area contributed by atoms with Gasteiger partial charge in [0.05, 0.1) is 0 Å². The van der Waals surface area contributed by atoms with Crippen molar-refractivity contribution in [1.29, 1.82) is 0 Å². The Bertz CT molecular complexity index is 422. The summed E-state index contributed by atoms with van der Waals surface area (Å²) in [5, 5.41) is 0. The highest BCUT2D eigenvalue weighted by atomic mass is 15.2. The molecule has 0 saturated carbocycles. The molecule has 0 aliphatic carbocycles. The number of hydrogen-bond acceptors (Lipinski definition) is 4. The van der Waals surface area contributed by atoms with Gasteiger partial charge in [-0.05, 0) is 56.8 Å². The number of aromatic nitrogens is 1. The monoisotopic (exact) mass is 276 g/mol. The Labute approximate surface area is 122 Å². The Morgan fingerprint density at radius 1 is 1.30 bits per heavy atom. The lowest BCUT2D eigenvalue weighted by Gasteiger charge is -2.45. The number of likely N-dealkylation sites (tertiary alicyclic amines) is 1. The van der Waals surface area contributed by atoms with Crippen LogP contribution in [0.15, 0.2) is 18.3 Å². The average Bonchev–Trinajstić information content (AvgIpc) is 2.98. The molecule has 4 nitrogen and oxygen atoms in total. The van der Waals surface area contributed by atoms with Gasteiger partial charge in [0.25, 0.3) is 0 Å². The van der Waals surface area contributed by atoms with Crippen LogP contribution in [0.25, 0.3) is 0 Å². The van der Waals surface area contributed by atoms with Crippen LogP contribution in [-0.4, -0.2) is 34.6 Å². The molecule has 0 amide bonds. The van der Waals surface area contributed by atoms with E-state index in [0.29, 0.717) is 5.82 Å². The van der Waals surface area contributed by atoms with Crippen molar-refractivity contribution < 1.29 is 0 Å². The number of pyridine rings is 1. The molecule has 4 N–H and O–H groups in total. The predicted octanol–water partition coefficient (Wildman–Crippen LogP) is 2.19. The zero-order chi connectivity index (χ0) is 14.6. The van der Waals surface area contributed by atoms with E-state index in [2.05, 4.69) is 23.7 Å². The number of nitrogen functional groups attached to an aromatic ring is 1. The topological polar surface area (TPSA) is 68.2 Å². The molecular weight excluding hydrogens is 248 g/mol. The van der Waals surface area contributed by atoms with E-state index in [0.717, 1.165) is 24.8 Å². The highest BCUT2D eigenvalue weighted by Gasteiger charge is 2.40. The van der Waals surface area contributed by atoms with Gasteiger partial charge in [0.2, 0.25) is 0 Å². The maximum atomic E-state index is 6.63. The molecule has 1 aliphatic rings. The molecule has 1 aromatic heterocycles. The van der Waals surface area contributed by atoms with Gasteiger partial charge in [-0.2, -0.15) is 0 Å². The average molecular weight is 276 g/mol. The largest absolute Gasteiger partial charge is 0.383 e. The van der Waals surface area contributed by atoms with E-state index >= 15 is 0 Å². The van der Waals surface area contributed by atoms with E-state index in [-0.39, 0.29) is 11.6 Å². The van der Waals surface area contributed by atoms with Crippen LogP contribution in [0.1, 0.15) is 45.1 Å². The van der Waals surface area contributed by atoms with E-state index in [1.165, 1.54) is 25.9 Å². The first-order valence-corrected chi connectivity index (χ1v) is 7.84. The molecule has 4 heteroatoms. The van der Waals surface area contributed by atoms with Crippen LogP contribution in [0.2, 0.25) is 0 Å². The van der Waals surface area contributed by atoms with Gasteiger partial charge in [-0.15, -0.1) is 0 Å². The molecule has 2 rings (SSSR count). The minimum atomic E-state index is 0.0960. The molecule has 0 spiro atoms. The first-order chi connectivity index (χ1) is 9.64. The first-order valence-electron chi connectivity index (χ1n) is 7.84. The summed E-state index contributed by atoms with van der Waals surface area (Å²) in [7, 11) is 0. The zero-order valence-electron chi connectivity index (χ0n) is 12.8. The van der Waals surface area contributed by atoms with Crippen molar-refractivity contribution in [3.8, 4) is 0 Å². The summed E-state index contributed by atoms with van der Waals surface area (Å²) in [6.07, 6.45) is 7.30. The lowest BCUT2D eigenvalue weighted by Crippen LogP contribution is -2.59. The Morgan fingerprint density at radius 3 is 2.50 bits per heavy atom. The molecule has 0 radical (unpaired) electrons. The summed E-state index contributed by atoms with van der Waals surface area (Å²) >= 11 is 0. The predicted molar refractivity (Wildman–Crippen MR) is 84.4 cm³/mol. The van der Waals surface area contributed by atoms with Crippen LogP contribution in [0.3, 0.4) is 0 Å². The van der Waals surface area contributed by atoms with Crippen LogP contribution in [0.5, 0.6) is 0 Å². The van der Waals surface area contributed by atoms with Crippen molar-refractivity contribution in [3.05, 3.63) is 23.9 Å². The summed E-state index contributed by atoms with van der Waals surface area (Å²) < 4.78 is 0. The number of nitrogens with two attached hydrogens (primary N) is 2. The van der Waals surface area contributed by atoms with E-state index in [9.17, 15) is 0 Å². The van der Waals surface area contributed by atoms with Gasteiger partial charge in [-0.1, -0.05) is 19.9 Å². The molecule has 1 aliphatic heterocycles. The van der Waals surface area contributed by atoms with Gasteiger partial charge in [-0.25, -0.2) is 4.98 Å². The fourth-order valence-electron chi connectivity index (χ4n) is 3.67. The molecule has 1 fully saturated rings. The smallest absolute Gasteiger partial charge is 0.126 e. The van der Waals surface area contributed by atoms with Crippen LogP contribution < -0.4 is 11.5 Å². The zero-order valence-corrected chi connectivity index (χ0v) is 12.8. The molecule has 1 unspecified atom stereocenters. The Kier molecular flexibility index (Phi) is 5.00.